The first-order chi connectivity index (χ1) is 15.4. The van der Waals surface area contributed by atoms with Crippen molar-refractivity contribution in [3.63, 3.8) is 0 Å². The van der Waals surface area contributed by atoms with Crippen molar-refractivity contribution >= 4 is 29.2 Å². The topological polar surface area (TPSA) is 73.9 Å². The second kappa shape index (κ2) is 10.8. The van der Waals surface area contributed by atoms with Gasteiger partial charge in [-0.05, 0) is 62.9 Å². The summed E-state index contributed by atoms with van der Waals surface area (Å²) < 4.78 is 16.6. The predicted molar refractivity (Wildman–Crippen MR) is 125 cm³/mol. The van der Waals surface area contributed by atoms with Crippen molar-refractivity contribution in [3.8, 4) is 5.75 Å². The molecule has 172 valence electrons. The lowest BCUT2D eigenvalue weighted by molar-refractivity contribution is -0.125. The van der Waals surface area contributed by atoms with Crippen molar-refractivity contribution in [1.82, 2.24) is 0 Å². The zero-order valence-electron chi connectivity index (χ0n) is 18.8. The summed E-state index contributed by atoms with van der Waals surface area (Å²) in [4.78, 5) is 26.1. The van der Waals surface area contributed by atoms with E-state index >= 15 is 0 Å². The van der Waals surface area contributed by atoms with Gasteiger partial charge >= 0.3 is 5.97 Å². The van der Waals surface area contributed by atoms with Crippen molar-refractivity contribution in [1.29, 1.82) is 0 Å². The van der Waals surface area contributed by atoms with E-state index in [9.17, 15) is 9.59 Å². The zero-order valence-corrected chi connectivity index (χ0v) is 19.5. The van der Waals surface area contributed by atoms with Crippen LogP contribution in [-0.4, -0.2) is 37.8 Å². The van der Waals surface area contributed by atoms with E-state index < -0.39 is 11.4 Å². The molecule has 1 unspecified atom stereocenters. The van der Waals surface area contributed by atoms with Crippen LogP contribution in [0.3, 0.4) is 0 Å². The number of nitrogens with one attached hydrogen (secondary N) is 1. The summed E-state index contributed by atoms with van der Waals surface area (Å²) in [6.07, 6.45) is 1.77. The SMILES string of the molecule is CCOC(=O)c1cc(NC(=O)C2(c3ccccc3Cl)CCOCC2)ccc1OC(C)CC. The van der Waals surface area contributed by atoms with E-state index in [1.807, 2.05) is 32.0 Å². The summed E-state index contributed by atoms with van der Waals surface area (Å²) in [7, 11) is 0. The molecule has 1 atom stereocenters. The van der Waals surface area contributed by atoms with E-state index in [-0.39, 0.29) is 24.2 Å². The highest BCUT2D eigenvalue weighted by Gasteiger charge is 2.43. The summed E-state index contributed by atoms with van der Waals surface area (Å²) in [6, 6.07) is 12.4. The first kappa shape index (κ1) is 24.1. The molecule has 32 heavy (non-hydrogen) atoms. The standard InChI is InChI=1S/C25H30ClNO5/c1-4-17(3)32-22-11-10-18(16-19(22)23(28)31-5-2)27-24(29)25(12-14-30-15-13-25)20-8-6-7-9-21(20)26/h6-11,16-17H,4-5,12-15H2,1-3H3,(H,27,29). The Morgan fingerprint density at radius 1 is 1.16 bits per heavy atom. The van der Waals surface area contributed by atoms with E-state index in [1.54, 1.807) is 31.2 Å². The molecule has 6 nitrogen and oxygen atoms in total. The van der Waals surface area contributed by atoms with Gasteiger partial charge in [0.25, 0.3) is 0 Å². The maximum Gasteiger partial charge on any atom is 0.341 e. The molecule has 1 aliphatic heterocycles. The monoisotopic (exact) mass is 459 g/mol. The van der Waals surface area contributed by atoms with Crippen LogP contribution in [0.15, 0.2) is 42.5 Å². The summed E-state index contributed by atoms with van der Waals surface area (Å²) in [5.74, 6) is -0.240. The largest absolute Gasteiger partial charge is 0.490 e. The van der Waals surface area contributed by atoms with Gasteiger partial charge < -0.3 is 19.5 Å². The molecule has 0 aromatic heterocycles. The van der Waals surface area contributed by atoms with Gasteiger partial charge in [-0.3, -0.25) is 4.79 Å². The summed E-state index contributed by atoms with van der Waals surface area (Å²) in [6.45, 7) is 6.86. The van der Waals surface area contributed by atoms with Crippen molar-refractivity contribution in [2.45, 2.75) is 51.6 Å². The van der Waals surface area contributed by atoms with Gasteiger partial charge in [0.2, 0.25) is 5.91 Å². The fourth-order valence-corrected chi connectivity index (χ4v) is 4.13. The number of carbonyl (C=O) groups excluding carboxylic acids is 2. The third-order valence-electron chi connectivity index (χ3n) is 5.81. The van der Waals surface area contributed by atoms with Gasteiger partial charge in [0.05, 0.1) is 18.1 Å². The van der Waals surface area contributed by atoms with E-state index in [2.05, 4.69) is 5.32 Å². The minimum absolute atomic E-state index is 0.0608. The molecular weight excluding hydrogens is 430 g/mol. The number of hydrogen-bond acceptors (Lipinski definition) is 5. The highest BCUT2D eigenvalue weighted by Crippen LogP contribution is 2.40. The molecule has 1 saturated heterocycles. The Hall–Kier alpha value is -2.57. The second-order valence-electron chi connectivity index (χ2n) is 7.90. The highest BCUT2D eigenvalue weighted by atomic mass is 35.5. The number of hydrogen-bond donors (Lipinski definition) is 1. The summed E-state index contributed by atoms with van der Waals surface area (Å²) in [5.41, 5.74) is 0.744. The van der Waals surface area contributed by atoms with Gasteiger partial charge in [0.1, 0.15) is 11.3 Å². The molecule has 1 aliphatic rings. The molecule has 1 amide bonds. The Bertz CT molecular complexity index is 955. The number of esters is 1. The Kier molecular flexibility index (Phi) is 8.15. The molecule has 3 rings (SSSR count). The molecule has 1 N–H and O–H groups in total. The zero-order chi connectivity index (χ0) is 23.1. The molecule has 7 heteroatoms. The Morgan fingerprint density at radius 3 is 2.53 bits per heavy atom. The highest BCUT2D eigenvalue weighted by molar-refractivity contribution is 6.31. The van der Waals surface area contributed by atoms with Gasteiger partial charge in [0.15, 0.2) is 0 Å². The second-order valence-corrected chi connectivity index (χ2v) is 8.30. The van der Waals surface area contributed by atoms with Crippen LogP contribution in [0.4, 0.5) is 5.69 Å². The number of anilines is 1. The number of benzene rings is 2. The fraction of sp³-hybridized carbons (Fsp3) is 0.440. The predicted octanol–water partition coefficient (Wildman–Crippen LogP) is 5.38. The van der Waals surface area contributed by atoms with Crippen molar-refractivity contribution < 1.29 is 23.8 Å². The van der Waals surface area contributed by atoms with Crippen LogP contribution in [0.1, 0.15) is 56.0 Å². The fourth-order valence-electron chi connectivity index (χ4n) is 3.82. The first-order valence-electron chi connectivity index (χ1n) is 11.0. The smallest absolute Gasteiger partial charge is 0.341 e. The van der Waals surface area contributed by atoms with Gasteiger partial charge in [-0.2, -0.15) is 0 Å². The van der Waals surface area contributed by atoms with Crippen LogP contribution < -0.4 is 10.1 Å². The minimum Gasteiger partial charge on any atom is -0.490 e. The average molecular weight is 460 g/mol. The summed E-state index contributed by atoms with van der Waals surface area (Å²) >= 11 is 6.48. The molecule has 0 aliphatic carbocycles. The van der Waals surface area contributed by atoms with Crippen molar-refractivity contribution in [2.75, 3.05) is 25.1 Å². The molecule has 0 saturated carbocycles. The van der Waals surface area contributed by atoms with E-state index in [0.717, 1.165) is 12.0 Å². The maximum absolute atomic E-state index is 13.6. The molecule has 1 heterocycles. The molecule has 1 fully saturated rings. The third-order valence-corrected chi connectivity index (χ3v) is 6.14. The molecule has 2 aromatic rings. The van der Waals surface area contributed by atoms with Gasteiger partial charge in [-0.25, -0.2) is 4.79 Å². The first-order valence-corrected chi connectivity index (χ1v) is 11.4. The lowest BCUT2D eigenvalue weighted by Crippen LogP contribution is -2.45. The van der Waals surface area contributed by atoms with Gasteiger partial charge in [-0.1, -0.05) is 36.7 Å². The van der Waals surface area contributed by atoms with Crippen molar-refractivity contribution in [3.05, 3.63) is 58.6 Å². The summed E-state index contributed by atoms with van der Waals surface area (Å²) in [5, 5.41) is 3.54. The van der Waals surface area contributed by atoms with Crippen LogP contribution >= 0.6 is 11.6 Å². The lowest BCUT2D eigenvalue weighted by Gasteiger charge is -2.36. The Labute approximate surface area is 194 Å². The van der Waals surface area contributed by atoms with Crippen molar-refractivity contribution in [2.24, 2.45) is 0 Å². The number of rotatable bonds is 8. The Balaban J connectivity index is 1.93. The van der Waals surface area contributed by atoms with Crippen LogP contribution in [0.25, 0.3) is 0 Å². The maximum atomic E-state index is 13.6. The lowest BCUT2D eigenvalue weighted by atomic mass is 9.73. The quantitative estimate of drug-likeness (QED) is 0.536. The third kappa shape index (κ3) is 5.25. The number of halogens is 1. The minimum atomic E-state index is -0.813. The average Bonchev–Trinajstić information content (AvgIpc) is 2.80. The van der Waals surface area contributed by atoms with Gasteiger partial charge in [-0.15, -0.1) is 0 Å². The van der Waals surface area contributed by atoms with Crippen LogP contribution in [-0.2, 0) is 19.7 Å². The normalized spacial score (nSPS) is 16.1. The van der Waals surface area contributed by atoms with Crippen LogP contribution in [0.5, 0.6) is 5.75 Å². The number of amides is 1. The molecular formula is C25H30ClNO5. The number of ether oxygens (including phenoxy) is 3. The van der Waals surface area contributed by atoms with Crippen LogP contribution in [0, 0.1) is 0 Å². The van der Waals surface area contributed by atoms with E-state index in [1.165, 1.54) is 0 Å². The molecule has 0 radical (unpaired) electrons. The molecule has 2 aromatic carbocycles. The molecule has 0 bridgehead atoms. The van der Waals surface area contributed by atoms with E-state index in [4.69, 9.17) is 25.8 Å². The number of carbonyl (C=O) groups is 2. The van der Waals surface area contributed by atoms with Gasteiger partial charge in [0, 0.05) is 23.9 Å². The Morgan fingerprint density at radius 2 is 1.88 bits per heavy atom. The molecule has 0 spiro atoms. The van der Waals surface area contributed by atoms with Crippen LogP contribution in [0.2, 0.25) is 5.02 Å². The van der Waals surface area contributed by atoms with E-state index in [0.29, 0.717) is 42.5 Å².